The van der Waals surface area contributed by atoms with Crippen molar-refractivity contribution in [1.29, 1.82) is 0 Å². The number of rotatable bonds is 4. The molecule has 4 nitrogen and oxygen atoms in total. The molecule has 0 heterocycles. The van der Waals surface area contributed by atoms with Gasteiger partial charge in [0.2, 0.25) is 5.91 Å². The van der Waals surface area contributed by atoms with Crippen molar-refractivity contribution >= 4 is 17.6 Å². The molecule has 20 heavy (non-hydrogen) atoms. The Morgan fingerprint density at radius 1 is 1.10 bits per heavy atom. The summed E-state index contributed by atoms with van der Waals surface area (Å²) in [5, 5.41) is 11.6. The number of amides is 1. The third-order valence-electron chi connectivity index (χ3n) is 2.88. The Hall–Kier alpha value is -2.62. The van der Waals surface area contributed by atoms with Crippen LogP contribution < -0.4 is 5.32 Å². The molecule has 2 aromatic rings. The minimum absolute atomic E-state index is 0.151. The lowest BCUT2D eigenvalue weighted by Gasteiger charge is -2.06. The van der Waals surface area contributed by atoms with E-state index < -0.39 is 5.97 Å². The first-order valence-corrected chi connectivity index (χ1v) is 6.23. The van der Waals surface area contributed by atoms with Gasteiger partial charge in [-0.05, 0) is 30.7 Å². The van der Waals surface area contributed by atoms with Crippen molar-refractivity contribution in [2.45, 2.75) is 13.3 Å². The molecule has 0 saturated heterocycles. The zero-order chi connectivity index (χ0) is 14.5. The number of aryl methyl sites for hydroxylation is 1. The fraction of sp³-hybridized carbons (Fsp3) is 0.125. The molecule has 0 spiro atoms. The van der Waals surface area contributed by atoms with Crippen LogP contribution in [0, 0.1) is 6.92 Å². The summed E-state index contributed by atoms with van der Waals surface area (Å²) in [5.41, 5.74) is 2.70. The maximum atomic E-state index is 11.9. The largest absolute Gasteiger partial charge is 0.478 e. The lowest BCUT2D eigenvalue weighted by molar-refractivity contribution is -0.115. The topological polar surface area (TPSA) is 66.4 Å². The Morgan fingerprint density at radius 3 is 2.45 bits per heavy atom. The predicted octanol–water partition coefficient (Wildman–Crippen LogP) is 2.87. The van der Waals surface area contributed by atoms with Gasteiger partial charge in [0.05, 0.1) is 12.0 Å². The van der Waals surface area contributed by atoms with Gasteiger partial charge in [-0.25, -0.2) is 4.79 Å². The number of hydrogen-bond acceptors (Lipinski definition) is 2. The fourth-order valence-electron chi connectivity index (χ4n) is 1.83. The number of carboxylic acid groups (broad SMARTS) is 1. The first kappa shape index (κ1) is 13.8. The predicted molar refractivity (Wildman–Crippen MR) is 76.9 cm³/mol. The van der Waals surface area contributed by atoms with E-state index >= 15 is 0 Å². The van der Waals surface area contributed by atoms with Gasteiger partial charge in [-0.2, -0.15) is 0 Å². The number of benzene rings is 2. The minimum atomic E-state index is -1.01. The number of anilines is 1. The molecule has 0 aromatic heterocycles. The normalized spacial score (nSPS) is 10.1. The van der Waals surface area contributed by atoms with Gasteiger partial charge in [0.25, 0.3) is 0 Å². The summed E-state index contributed by atoms with van der Waals surface area (Å²) in [6, 6.07) is 13.9. The standard InChI is InChI=1S/C16H15NO3/c1-11-5-7-12(8-6-11)9-15(18)17-14-4-2-3-13(10-14)16(19)20/h2-8,10H,9H2,1H3,(H,17,18)(H,19,20). The van der Waals surface area contributed by atoms with Gasteiger partial charge in [-0.3, -0.25) is 4.79 Å². The molecule has 0 bridgehead atoms. The van der Waals surface area contributed by atoms with Crippen molar-refractivity contribution < 1.29 is 14.7 Å². The third kappa shape index (κ3) is 3.68. The molecule has 102 valence electrons. The summed E-state index contributed by atoms with van der Waals surface area (Å²) in [7, 11) is 0. The molecular formula is C16H15NO3. The molecule has 0 radical (unpaired) electrons. The van der Waals surface area contributed by atoms with Crippen LogP contribution in [-0.4, -0.2) is 17.0 Å². The van der Waals surface area contributed by atoms with Crippen molar-refractivity contribution in [3.63, 3.8) is 0 Å². The van der Waals surface area contributed by atoms with E-state index in [4.69, 9.17) is 5.11 Å². The van der Waals surface area contributed by atoms with Gasteiger partial charge in [-0.15, -0.1) is 0 Å². The highest BCUT2D eigenvalue weighted by atomic mass is 16.4. The Kier molecular flexibility index (Phi) is 4.15. The van der Waals surface area contributed by atoms with E-state index in [0.717, 1.165) is 11.1 Å². The van der Waals surface area contributed by atoms with Gasteiger partial charge < -0.3 is 10.4 Å². The van der Waals surface area contributed by atoms with Crippen molar-refractivity contribution in [3.8, 4) is 0 Å². The summed E-state index contributed by atoms with van der Waals surface area (Å²) in [6.45, 7) is 1.99. The van der Waals surface area contributed by atoms with E-state index in [1.165, 1.54) is 12.1 Å². The second-order valence-electron chi connectivity index (χ2n) is 4.60. The molecule has 0 atom stereocenters. The number of carbonyl (C=O) groups excluding carboxylic acids is 1. The Labute approximate surface area is 117 Å². The second kappa shape index (κ2) is 6.02. The highest BCUT2D eigenvalue weighted by Crippen LogP contribution is 2.12. The first-order valence-electron chi connectivity index (χ1n) is 6.23. The highest BCUT2D eigenvalue weighted by molar-refractivity contribution is 5.94. The summed E-state index contributed by atoms with van der Waals surface area (Å²) in [4.78, 5) is 22.7. The Balaban J connectivity index is 2.02. The van der Waals surface area contributed by atoms with Crippen LogP contribution in [0.15, 0.2) is 48.5 Å². The average Bonchev–Trinajstić information content (AvgIpc) is 2.41. The molecule has 0 aliphatic rings. The molecule has 1 amide bonds. The highest BCUT2D eigenvalue weighted by Gasteiger charge is 2.07. The van der Waals surface area contributed by atoms with Gasteiger partial charge in [-0.1, -0.05) is 35.9 Å². The van der Waals surface area contributed by atoms with E-state index in [1.807, 2.05) is 31.2 Å². The molecule has 0 unspecified atom stereocenters. The van der Waals surface area contributed by atoms with Crippen LogP contribution in [0.1, 0.15) is 21.5 Å². The van der Waals surface area contributed by atoms with Gasteiger partial charge >= 0.3 is 5.97 Å². The quantitative estimate of drug-likeness (QED) is 0.896. The molecular weight excluding hydrogens is 254 g/mol. The van der Waals surface area contributed by atoms with Crippen molar-refractivity contribution in [1.82, 2.24) is 0 Å². The second-order valence-corrected chi connectivity index (χ2v) is 4.60. The number of carboxylic acids is 1. The molecule has 0 aliphatic carbocycles. The van der Waals surface area contributed by atoms with Crippen LogP contribution in [0.5, 0.6) is 0 Å². The summed E-state index contributed by atoms with van der Waals surface area (Å²) in [6.07, 6.45) is 0.261. The summed E-state index contributed by atoms with van der Waals surface area (Å²) in [5.74, 6) is -1.18. The Morgan fingerprint density at radius 2 is 1.80 bits per heavy atom. The lowest BCUT2D eigenvalue weighted by Crippen LogP contribution is -2.14. The average molecular weight is 269 g/mol. The van der Waals surface area contributed by atoms with Crippen molar-refractivity contribution in [2.24, 2.45) is 0 Å². The molecule has 2 rings (SSSR count). The van der Waals surface area contributed by atoms with Gasteiger partial charge in [0, 0.05) is 5.69 Å². The smallest absolute Gasteiger partial charge is 0.335 e. The fourth-order valence-corrected chi connectivity index (χ4v) is 1.83. The van der Waals surface area contributed by atoms with Crippen LogP contribution >= 0.6 is 0 Å². The molecule has 4 heteroatoms. The first-order chi connectivity index (χ1) is 9.54. The SMILES string of the molecule is Cc1ccc(CC(=O)Nc2cccc(C(=O)O)c2)cc1. The summed E-state index contributed by atoms with van der Waals surface area (Å²) < 4.78 is 0. The number of hydrogen-bond donors (Lipinski definition) is 2. The van der Waals surface area contributed by atoms with Crippen LogP contribution in [0.4, 0.5) is 5.69 Å². The molecule has 2 aromatic carbocycles. The van der Waals surface area contributed by atoms with Gasteiger partial charge in [0.1, 0.15) is 0 Å². The maximum Gasteiger partial charge on any atom is 0.335 e. The van der Waals surface area contributed by atoms with Crippen molar-refractivity contribution in [3.05, 3.63) is 65.2 Å². The van der Waals surface area contributed by atoms with Gasteiger partial charge in [0.15, 0.2) is 0 Å². The molecule has 0 saturated carbocycles. The molecule has 2 N–H and O–H groups in total. The monoisotopic (exact) mass is 269 g/mol. The third-order valence-corrected chi connectivity index (χ3v) is 2.88. The van der Waals surface area contributed by atoms with E-state index in [2.05, 4.69) is 5.32 Å². The zero-order valence-corrected chi connectivity index (χ0v) is 11.1. The van der Waals surface area contributed by atoms with Crippen LogP contribution in [0.2, 0.25) is 0 Å². The van der Waals surface area contributed by atoms with Crippen LogP contribution in [0.3, 0.4) is 0 Å². The minimum Gasteiger partial charge on any atom is -0.478 e. The lowest BCUT2D eigenvalue weighted by atomic mass is 10.1. The Bertz CT molecular complexity index is 632. The maximum absolute atomic E-state index is 11.9. The summed E-state index contributed by atoms with van der Waals surface area (Å²) >= 11 is 0. The van der Waals surface area contributed by atoms with E-state index in [1.54, 1.807) is 12.1 Å². The van der Waals surface area contributed by atoms with E-state index in [0.29, 0.717) is 5.69 Å². The van der Waals surface area contributed by atoms with Crippen LogP contribution in [0.25, 0.3) is 0 Å². The molecule has 0 aliphatic heterocycles. The molecule has 0 fully saturated rings. The number of nitrogens with one attached hydrogen (secondary N) is 1. The number of aromatic carboxylic acids is 1. The van der Waals surface area contributed by atoms with E-state index in [-0.39, 0.29) is 17.9 Å². The number of carbonyl (C=O) groups is 2. The van der Waals surface area contributed by atoms with Crippen LogP contribution in [-0.2, 0) is 11.2 Å². The van der Waals surface area contributed by atoms with E-state index in [9.17, 15) is 9.59 Å². The zero-order valence-electron chi connectivity index (χ0n) is 11.1. The van der Waals surface area contributed by atoms with Crippen molar-refractivity contribution in [2.75, 3.05) is 5.32 Å².